The highest BCUT2D eigenvalue weighted by Gasteiger charge is 2.21. The van der Waals surface area contributed by atoms with Crippen LogP contribution < -0.4 is 5.56 Å². The van der Waals surface area contributed by atoms with Gasteiger partial charge in [-0.25, -0.2) is 0 Å². The maximum Gasteiger partial charge on any atom is 0.302 e. The molecule has 23 heavy (non-hydrogen) atoms. The maximum atomic E-state index is 12.5. The molecule has 2 aromatic carbocycles. The van der Waals surface area contributed by atoms with E-state index in [2.05, 4.69) is 0 Å². The van der Waals surface area contributed by atoms with Gasteiger partial charge in [0.25, 0.3) is 0 Å². The molecule has 112 valence electrons. The van der Waals surface area contributed by atoms with E-state index in [1.807, 2.05) is 42.5 Å². The Kier molecular flexibility index (Phi) is 3.02. The van der Waals surface area contributed by atoms with Crippen LogP contribution in [0.1, 0.15) is 0 Å². The number of nitrogens with zero attached hydrogens (tertiary/aromatic N) is 1. The van der Waals surface area contributed by atoms with Crippen molar-refractivity contribution >= 4 is 23.2 Å². The summed E-state index contributed by atoms with van der Waals surface area (Å²) in [6, 6.07) is 18.2. The van der Waals surface area contributed by atoms with E-state index >= 15 is 0 Å². The van der Waals surface area contributed by atoms with E-state index in [4.69, 9.17) is 16.6 Å². The highest BCUT2D eigenvalue weighted by atomic mass is 32.1. The van der Waals surface area contributed by atoms with E-state index < -0.39 is 11.3 Å². The number of aromatic hydroxyl groups is 1. The lowest BCUT2D eigenvalue weighted by Gasteiger charge is -2.13. The van der Waals surface area contributed by atoms with Gasteiger partial charge in [-0.15, -0.1) is 0 Å². The molecule has 0 saturated heterocycles. The smallest absolute Gasteiger partial charge is 0.302 e. The summed E-state index contributed by atoms with van der Waals surface area (Å²) in [7, 11) is 0. The Morgan fingerprint density at radius 3 is 2.48 bits per heavy atom. The van der Waals surface area contributed by atoms with Crippen LogP contribution in [0.5, 0.6) is 5.75 Å². The minimum Gasteiger partial charge on any atom is -0.500 e. The van der Waals surface area contributed by atoms with Gasteiger partial charge >= 0.3 is 5.56 Å². The van der Waals surface area contributed by atoms with E-state index in [-0.39, 0.29) is 5.76 Å². The summed E-state index contributed by atoms with van der Waals surface area (Å²) in [5.41, 5.74) is 1.13. The third kappa shape index (κ3) is 2.05. The molecule has 0 atom stereocenters. The Labute approximate surface area is 136 Å². The molecule has 4 rings (SSSR count). The lowest BCUT2D eigenvalue weighted by Crippen LogP contribution is -2.20. The van der Waals surface area contributed by atoms with Crippen LogP contribution in [-0.4, -0.2) is 9.67 Å². The van der Waals surface area contributed by atoms with Crippen molar-refractivity contribution in [3.63, 3.8) is 0 Å². The van der Waals surface area contributed by atoms with Gasteiger partial charge in [0.05, 0.1) is 11.3 Å². The average molecular weight is 321 g/mol. The minimum atomic E-state index is -0.590. The van der Waals surface area contributed by atoms with Crippen LogP contribution in [-0.2, 0) is 0 Å². The molecule has 1 N–H and O–H groups in total. The molecule has 2 heterocycles. The molecule has 2 aliphatic heterocycles. The van der Waals surface area contributed by atoms with Gasteiger partial charge < -0.3 is 9.52 Å². The highest BCUT2D eigenvalue weighted by Crippen LogP contribution is 2.34. The lowest BCUT2D eigenvalue weighted by atomic mass is 10.1. The van der Waals surface area contributed by atoms with Crippen LogP contribution in [0.15, 0.2) is 69.9 Å². The second-order valence-electron chi connectivity index (χ2n) is 5.16. The zero-order valence-corrected chi connectivity index (χ0v) is 12.7. The van der Waals surface area contributed by atoms with Crippen molar-refractivity contribution in [3.8, 4) is 22.8 Å². The summed E-state index contributed by atoms with van der Waals surface area (Å²) in [6.45, 7) is 0. The van der Waals surface area contributed by atoms with E-state index in [9.17, 15) is 9.90 Å². The molecule has 0 radical (unpaired) electrons. The Balaban J connectivity index is 2.19. The lowest BCUT2D eigenvalue weighted by molar-refractivity contribution is 0.443. The number of para-hydroxylation sites is 2. The number of benzene rings is 2. The fourth-order valence-corrected chi connectivity index (χ4v) is 2.98. The average Bonchev–Trinajstić information content (AvgIpc) is 2.60. The molecule has 0 aromatic heterocycles. The van der Waals surface area contributed by atoms with Gasteiger partial charge in [-0.3, -0.25) is 9.36 Å². The summed E-state index contributed by atoms with van der Waals surface area (Å²) in [4.78, 5) is 12.5. The summed E-state index contributed by atoms with van der Waals surface area (Å²) < 4.78 is 7.33. The van der Waals surface area contributed by atoms with Gasteiger partial charge in [-0.2, -0.15) is 0 Å². The van der Waals surface area contributed by atoms with Gasteiger partial charge in [-0.1, -0.05) is 48.6 Å². The maximum absolute atomic E-state index is 12.5. The normalized spacial score (nSPS) is 11.1. The molecule has 0 saturated carbocycles. The molecule has 5 heteroatoms. The molecule has 0 spiro atoms. The summed E-state index contributed by atoms with van der Waals surface area (Å²) in [5, 5.41) is 11.2. The predicted molar refractivity (Wildman–Crippen MR) is 90.9 cm³/mol. The SMILES string of the molecule is O=c1c(O)c2oc3ccccc3cc-2c(=S)n1-c1ccccc1. The molecule has 0 bridgehead atoms. The standard InChI is InChI=1S/C18H11NO3S/c20-15-16-13(10-11-6-4-5-9-14(11)22-16)18(23)19(17(15)21)12-7-2-1-3-8-12/h1-10,20H. The summed E-state index contributed by atoms with van der Waals surface area (Å²) in [6.07, 6.45) is 0. The number of aromatic nitrogens is 1. The fraction of sp³-hybridized carbons (Fsp3) is 0. The largest absolute Gasteiger partial charge is 0.500 e. The van der Waals surface area contributed by atoms with Gasteiger partial charge in [0, 0.05) is 5.39 Å². The zero-order chi connectivity index (χ0) is 16.0. The van der Waals surface area contributed by atoms with Gasteiger partial charge in [-0.05, 0) is 24.3 Å². The van der Waals surface area contributed by atoms with Crippen molar-refractivity contribution in [2.75, 3.05) is 0 Å². The Bertz CT molecular complexity index is 1110. The Morgan fingerprint density at radius 1 is 1.00 bits per heavy atom. The Morgan fingerprint density at radius 2 is 1.70 bits per heavy atom. The first-order valence-electron chi connectivity index (χ1n) is 7.03. The van der Waals surface area contributed by atoms with Crippen LogP contribution in [0, 0.1) is 4.64 Å². The first-order chi connectivity index (χ1) is 11.2. The topological polar surface area (TPSA) is 55.4 Å². The van der Waals surface area contributed by atoms with Crippen molar-refractivity contribution < 1.29 is 9.52 Å². The van der Waals surface area contributed by atoms with E-state index in [1.165, 1.54) is 4.57 Å². The number of hydrogen-bond donors (Lipinski definition) is 1. The molecule has 0 fully saturated rings. The van der Waals surface area contributed by atoms with Crippen molar-refractivity contribution in [3.05, 3.63) is 75.7 Å². The second kappa shape index (κ2) is 5.07. The molecule has 4 nitrogen and oxygen atoms in total. The molecule has 2 aromatic rings. The molecular weight excluding hydrogens is 310 g/mol. The summed E-state index contributed by atoms with van der Waals surface area (Å²) in [5.74, 6) is -0.325. The first-order valence-corrected chi connectivity index (χ1v) is 7.43. The number of pyridine rings is 1. The number of rotatable bonds is 1. The second-order valence-corrected chi connectivity index (χ2v) is 5.54. The van der Waals surface area contributed by atoms with Gasteiger partial charge in [0.2, 0.25) is 5.75 Å². The van der Waals surface area contributed by atoms with Crippen molar-refractivity contribution in [2.45, 2.75) is 0 Å². The first kappa shape index (κ1) is 13.7. The number of hydrogen-bond acceptors (Lipinski definition) is 4. The van der Waals surface area contributed by atoms with Crippen LogP contribution in [0.2, 0.25) is 0 Å². The van der Waals surface area contributed by atoms with Crippen molar-refractivity contribution in [2.24, 2.45) is 0 Å². The quantitative estimate of drug-likeness (QED) is 0.423. The fourth-order valence-electron chi connectivity index (χ4n) is 2.64. The summed E-state index contributed by atoms with van der Waals surface area (Å²) >= 11 is 5.48. The molecular formula is C18H11NO3S. The van der Waals surface area contributed by atoms with Crippen LogP contribution in [0.3, 0.4) is 0 Å². The molecule has 2 aliphatic rings. The highest BCUT2D eigenvalue weighted by molar-refractivity contribution is 7.71. The van der Waals surface area contributed by atoms with Crippen LogP contribution in [0.4, 0.5) is 0 Å². The monoisotopic (exact) mass is 321 g/mol. The van der Waals surface area contributed by atoms with E-state index in [0.29, 0.717) is 21.5 Å². The van der Waals surface area contributed by atoms with E-state index in [0.717, 1.165) is 5.39 Å². The molecule has 0 unspecified atom stereocenters. The Hall–Kier alpha value is -2.92. The predicted octanol–water partition coefficient (Wildman–Crippen LogP) is 4.12. The van der Waals surface area contributed by atoms with Gasteiger partial charge in [0.15, 0.2) is 5.76 Å². The zero-order valence-electron chi connectivity index (χ0n) is 11.9. The van der Waals surface area contributed by atoms with Crippen molar-refractivity contribution in [1.29, 1.82) is 0 Å². The third-order valence-corrected chi connectivity index (χ3v) is 4.15. The van der Waals surface area contributed by atoms with Crippen LogP contribution >= 0.6 is 12.2 Å². The number of fused-ring (bicyclic) bond motifs is 2. The minimum absolute atomic E-state index is 0.117. The van der Waals surface area contributed by atoms with E-state index in [1.54, 1.807) is 18.2 Å². The van der Waals surface area contributed by atoms with Gasteiger partial charge in [0.1, 0.15) is 10.2 Å². The molecule has 0 amide bonds. The third-order valence-electron chi connectivity index (χ3n) is 3.74. The van der Waals surface area contributed by atoms with Crippen molar-refractivity contribution in [1.82, 2.24) is 4.57 Å². The molecule has 0 aliphatic carbocycles. The van der Waals surface area contributed by atoms with Crippen LogP contribution in [0.25, 0.3) is 28.0 Å².